The lowest BCUT2D eigenvalue weighted by Crippen LogP contribution is -2.34. The fourth-order valence-electron chi connectivity index (χ4n) is 1.43. The Labute approximate surface area is 109 Å². The first kappa shape index (κ1) is 13.4. The summed E-state index contributed by atoms with van der Waals surface area (Å²) < 4.78 is 0.657. The van der Waals surface area contributed by atoms with Gasteiger partial charge in [-0.2, -0.15) is 0 Å². The molecule has 1 rings (SSSR count). The van der Waals surface area contributed by atoms with Crippen molar-refractivity contribution in [3.05, 3.63) is 20.3 Å². The van der Waals surface area contributed by atoms with Gasteiger partial charge in [-0.25, -0.2) is 4.98 Å². The molecule has 0 fully saturated rings. The third kappa shape index (κ3) is 3.44. The Bertz CT molecular complexity index is 379. The SMILES string of the molecule is CCCN(CCNC)c1nc[nH]c(=O)c1I. The molecule has 90 valence electrons. The lowest BCUT2D eigenvalue weighted by Gasteiger charge is -2.23. The van der Waals surface area contributed by atoms with Gasteiger partial charge in [-0.05, 0) is 36.1 Å². The van der Waals surface area contributed by atoms with Crippen molar-refractivity contribution in [2.24, 2.45) is 0 Å². The molecule has 0 saturated heterocycles. The molecule has 0 radical (unpaired) electrons. The Kier molecular flexibility index (Phi) is 5.75. The first-order valence-corrected chi connectivity index (χ1v) is 6.41. The van der Waals surface area contributed by atoms with Crippen LogP contribution in [0.5, 0.6) is 0 Å². The second kappa shape index (κ2) is 6.85. The van der Waals surface area contributed by atoms with Crippen LogP contribution in [0.25, 0.3) is 0 Å². The zero-order valence-electron chi connectivity index (χ0n) is 9.59. The van der Waals surface area contributed by atoms with Crippen LogP contribution in [-0.2, 0) is 0 Å². The van der Waals surface area contributed by atoms with E-state index in [1.54, 1.807) is 0 Å². The van der Waals surface area contributed by atoms with Crippen LogP contribution in [0.4, 0.5) is 5.82 Å². The minimum atomic E-state index is -0.0730. The number of nitrogens with zero attached hydrogens (tertiary/aromatic N) is 2. The van der Waals surface area contributed by atoms with E-state index in [0.29, 0.717) is 3.57 Å². The number of likely N-dealkylation sites (N-methyl/N-ethyl adjacent to an activating group) is 1. The van der Waals surface area contributed by atoms with Crippen LogP contribution in [0.3, 0.4) is 0 Å². The van der Waals surface area contributed by atoms with E-state index in [2.05, 4.69) is 27.1 Å². The maximum atomic E-state index is 11.5. The number of rotatable bonds is 6. The number of nitrogens with one attached hydrogen (secondary N) is 2. The van der Waals surface area contributed by atoms with Crippen molar-refractivity contribution in [2.75, 3.05) is 31.6 Å². The highest BCUT2D eigenvalue weighted by atomic mass is 127. The van der Waals surface area contributed by atoms with Gasteiger partial charge >= 0.3 is 0 Å². The maximum Gasteiger partial charge on any atom is 0.266 e. The number of halogens is 1. The monoisotopic (exact) mass is 336 g/mol. The van der Waals surface area contributed by atoms with E-state index in [-0.39, 0.29) is 5.56 Å². The third-order valence-electron chi connectivity index (χ3n) is 2.20. The third-order valence-corrected chi connectivity index (χ3v) is 3.18. The molecule has 0 bridgehead atoms. The summed E-state index contributed by atoms with van der Waals surface area (Å²) in [4.78, 5) is 20.4. The predicted octanol–water partition coefficient (Wildman–Crippen LogP) is 0.810. The highest BCUT2D eigenvalue weighted by molar-refractivity contribution is 14.1. The van der Waals surface area contributed by atoms with Gasteiger partial charge in [0.1, 0.15) is 9.39 Å². The van der Waals surface area contributed by atoms with E-state index >= 15 is 0 Å². The summed E-state index contributed by atoms with van der Waals surface area (Å²) in [6, 6.07) is 0. The molecule has 0 aliphatic heterocycles. The molecule has 0 aromatic carbocycles. The molecule has 16 heavy (non-hydrogen) atoms. The summed E-state index contributed by atoms with van der Waals surface area (Å²) in [7, 11) is 1.92. The summed E-state index contributed by atoms with van der Waals surface area (Å²) in [6.07, 6.45) is 2.50. The molecule has 6 heteroatoms. The average molecular weight is 336 g/mol. The molecule has 0 saturated carbocycles. The van der Waals surface area contributed by atoms with Crippen molar-refractivity contribution in [3.63, 3.8) is 0 Å². The van der Waals surface area contributed by atoms with Gasteiger partial charge < -0.3 is 15.2 Å². The van der Waals surface area contributed by atoms with Crippen LogP contribution in [0.15, 0.2) is 11.1 Å². The zero-order chi connectivity index (χ0) is 12.0. The summed E-state index contributed by atoms with van der Waals surface area (Å²) in [6.45, 7) is 4.77. The number of hydrogen-bond acceptors (Lipinski definition) is 4. The van der Waals surface area contributed by atoms with Gasteiger partial charge in [0, 0.05) is 19.6 Å². The molecule has 0 unspecified atom stereocenters. The lowest BCUT2D eigenvalue weighted by molar-refractivity contribution is 0.699. The van der Waals surface area contributed by atoms with Crippen molar-refractivity contribution >= 4 is 28.4 Å². The molecule has 2 N–H and O–H groups in total. The van der Waals surface area contributed by atoms with Gasteiger partial charge in [0.05, 0.1) is 6.33 Å². The van der Waals surface area contributed by atoms with Crippen LogP contribution in [0.2, 0.25) is 0 Å². The Morgan fingerprint density at radius 2 is 2.31 bits per heavy atom. The molecule has 0 atom stereocenters. The average Bonchev–Trinajstić information content (AvgIpc) is 2.28. The zero-order valence-corrected chi connectivity index (χ0v) is 11.7. The summed E-state index contributed by atoms with van der Waals surface area (Å²) in [5.74, 6) is 0.779. The fourth-order valence-corrected chi connectivity index (χ4v) is 2.07. The Morgan fingerprint density at radius 1 is 1.56 bits per heavy atom. The summed E-state index contributed by atoms with van der Waals surface area (Å²) >= 11 is 2.04. The van der Waals surface area contributed by atoms with Gasteiger partial charge in [0.25, 0.3) is 5.56 Å². The van der Waals surface area contributed by atoms with E-state index in [1.165, 1.54) is 6.33 Å². The van der Waals surface area contributed by atoms with E-state index in [9.17, 15) is 4.79 Å². The van der Waals surface area contributed by atoms with Crippen LogP contribution < -0.4 is 15.8 Å². The molecule has 1 heterocycles. The van der Waals surface area contributed by atoms with Crippen LogP contribution >= 0.6 is 22.6 Å². The molecule has 0 aliphatic rings. The number of H-pyrrole nitrogens is 1. The highest BCUT2D eigenvalue weighted by Crippen LogP contribution is 2.15. The van der Waals surface area contributed by atoms with Gasteiger partial charge in [0.2, 0.25) is 0 Å². The largest absolute Gasteiger partial charge is 0.354 e. The van der Waals surface area contributed by atoms with Crippen molar-refractivity contribution in [1.29, 1.82) is 0 Å². The Hall–Kier alpha value is -0.630. The van der Waals surface area contributed by atoms with E-state index in [1.807, 2.05) is 29.6 Å². The lowest BCUT2D eigenvalue weighted by atomic mass is 10.4. The van der Waals surface area contributed by atoms with Crippen LogP contribution in [0, 0.1) is 3.57 Å². The predicted molar refractivity (Wildman–Crippen MR) is 74.0 cm³/mol. The van der Waals surface area contributed by atoms with Gasteiger partial charge in [0.15, 0.2) is 0 Å². The van der Waals surface area contributed by atoms with Crippen LogP contribution in [0.1, 0.15) is 13.3 Å². The molecule has 5 nitrogen and oxygen atoms in total. The maximum absolute atomic E-state index is 11.5. The minimum Gasteiger partial charge on any atom is -0.354 e. The standard InChI is InChI=1S/C10H17IN4O/c1-3-5-15(6-4-12-2)9-8(11)10(16)14-7-13-9/h7,12H,3-6H2,1-2H3,(H,13,14,16). The second-order valence-corrected chi connectivity index (χ2v) is 4.54. The fraction of sp³-hybridized carbons (Fsp3) is 0.600. The number of aromatic amines is 1. The molecule has 0 spiro atoms. The van der Waals surface area contributed by atoms with Crippen molar-refractivity contribution in [1.82, 2.24) is 15.3 Å². The Balaban J connectivity index is 2.91. The first-order valence-electron chi connectivity index (χ1n) is 5.33. The number of hydrogen-bond donors (Lipinski definition) is 2. The van der Waals surface area contributed by atoms with Gasteiger partial charge in [-0.15, -0.1) is 0 Å². The quantitative estimate of drug-likeness (QED) is 0.755. The minimum absolute atomic E-state index is 0.0730. The first-order chi connectivity index (χ1) is 7.70. The van der Waals surface area contributed by atoms with Gasteiger partial charge in [-0.1, -0.05) is 6.92 Å². The van der Waals surface area contributed by atoms with Crippen molar-refractivity contribution in [2.45, 2.75) is 13.3 Å². The summed E-state index contributed by atoms with van der Waals surface area (Å²) in [5.41, 5.74) is -0.0730. The van der Waals surface area contributed by atoms with Crippen molar-refractivity contribution in [3.8, 4) is 0 Å². The highest BCUT2D eigenvalue weighted by Gasteiger charge is 2.12. The number of anilines is 1. The molecule has 1 aromatic rings. The molecule has 0 amide bonds. The van der Waals surface area contributed by atoms with E-state index in [0.717, 1.165) is 31.9 Å². The van der Waals surface area contributed by atoms with Crippen LogP contribution in [-0.4, -0.2) is 36.6 Å². The normalized spacial score (nSPS) is 10.4. The topological polar surface area (TPSA) is 61.0 Å². The smallest absolute Gasteiger partial charge is 0.266 e. The van der Waals surface area contributed by atoms with Gasteiger partial charge in [-0.3, -0.25) is 4.79 Å². The Morgan fingerprint density at radius 3 is 2.94 bits per heavy atom. The van der Waals surface area contributed by atoms with E-state index in [4.69, 9.17) is 0 Å². The van der Waals surface area contributed by atoms with Crippen molar-refractivity contribution < 1.29 is 0 Å². The molecular formula is C10H17IN4O. The summed E-state index contributed by atoms with van der Waals surface area (Å²) in [5, 5.41) is 3.10. The molecular weight excluding hydrogens is 319 g/mol. The second-order valence-electron chi connectivity index (χ2n) is 3.46. The molecule has 0 aliphatic carbocycles. The molecule has 1 aromatic heterocycles. The van der Waals surface area contributed by atoms with E-state index < -0.39 is 0 Å². The number of aromatic nitrogens is 2.